The van der Waals surface area contributed by atoms with Crippen LogP contribution in [0.5, 0.6) is 5.75 Å². The SMILES string of the molecule is N#CC1CC(Oc2cccc(C(=O)N[C@@H]3C[C@@H]4CC[C@H]3N4C#N)c2Cl)C1. The molecule has 1 aliphatic carbocycles. The predicted molar refractivity (Wildman–Crippen MR) is 94.3 cm³/mol. The van der Waals surface area contributed by atoms with Gasteiger partial charge in [-0.15, -0.1) is 0 Å². The van der Waals surface area contributed by atoms with E-state index in [1.165, 1.54) is 0 Å². The molecule has 7 heteroatoms. The maximum Gasteiger partial charge on any atom is 0.253 e. The molecule has 6 nitrogen and oxygen atoms in total. The van der Waals surface area contributed by atoms with Gasteiger partial charge in [0, 0.05) is 18.9 Å². The number of carbonyl (C=O) groups is 1. The normalized spacial score (nSPS) is 31.7. The van der Waals surface area contributed by atoms with Crippen molar-refractivity contribution in [3.63, 3.8) is 0 Å². The highest BCUT2D eigenvalue weighted by Gasteiger charge is 2.46. The largest absolute Gasteiger partial charge is 0.489 e. The first-order chi connectivity index (χ1) is 12.6. The molecule has 0 aromatic heterocycles. The van der Waals surface area contributed by atoms with Crippen molar-refractivity contribution in [3.8, 4) is 18.0 Å². The van der Waals surface area contributed by atoms with E-state index in [4.69, 9.17) is 21.6 Å². The van der Waals surface area contributed by atoms with Crippen LogP contribution in [0.1, 0.15) is 42.5 Å². The van der Waals surface area contributed by atoms with Gasteiger partial charge in [-0.25, -0.2) is 0 Å². The lowest BCUT2D eigenvalue weighted by Crippen LogP contribution is -2.43. The fraction of sp³-hybridized carbons (Fsp3) is 0.526. The molecule has 0 unspecified atom stereocenters. The first kappa shape index (κ1) is 17.0. The van der Waals surface area contributed by atoms with E-state index < -0.39 is 0 Å². The lowest BCUT2D eigenvalue weighted by molar-refractivity contribution is 0.0879. The van der Waals surface area contributed by atoms with Crippen LogP contribution in [0.15, 0.2) is 18.2 Å². The van der Waals surface area contributed by atoms with Gasteiger partial charge >= 0.3 is 0 Å². The van der Waals surface area contributed by atoms with E-state index in [1.807, 2.05) is 4.90 Å². The molecule has 4 rings (SSSR count). The Morgan fingerprint density at radius 2 is 2.08 bits per heavy atom. The van der Waals surface area contributed by atoms with Crippen molar-refractivity contribution in [1.29, 1.82) is 10.5 Å². The molecule has 1 aromatic rings. The maximum atomic E-state index is 12.7. The lowest BCUT2D eigenvalue weighted by atomic mass is 9.83. The number of carbonyl (C=O) groups excluding carboxylic acids is 1. The Hall–Kier alpha value is -2.44. The topological polar surface area (TPSA) is 89.2 Å². The van der Waals surface area contributed by atoms with Crippen molar-refractivity contribution in [2.45, 2.75) is 56.3 Å². The zero-order chi connectivity index (χ0) is 18.3. The third-order valence-electron chi connectivity index (χ3n) is 5.75. The highest BCUT2D eigenvalue weighted by molar-refractivity contribution is 6.35. The molecule has 1 aromatic carbocycles. The Balaban J connectivity index is 1.43. The molecular formula is C19H19ClN4O2. The molecule has 2 saturated heterocycles. The Morgan fingerprint density at radius 3 is 2.77 bits per heavy atom. The molecule has 134 valence electrons. The van der Waals surface area contributed by atoms with Gasteiger partial charge in [-0.1, -0.05) is 17.7 Å². The lowest BCUT2D eigenvalue weighted by Gasteiger charge is -2.31. The number of hydrogen-bond donors (Lipinski definition) is 1. The van der Waals surface area contributed by atoms with Crippen LogP contribution in [0.4, 0.5) is 0 Å². The fourth-order valence-corrected chi connectivity index (χ4v) is 4.53. The summed E-state index contributed by atoms with van der Waals surface area (Å²) in [7, 11) is 0. The maximum absolute atomic E-state index is 12.7. The highest BCUT2D eigenvalue weighted by atomic mass is 35.5. The standard InChI is InChI=1S/C19H19ClN4O2/c20-18-14(2-1-3-17(18)26-13-6-11(7-13)9-21)19(25)23-15-8-12-4-5-16(15)24(12)10-22/h1-3,11-13,15-16H,4-8H2,(H,23,25)/t11?,12-,13?,15+,16+/m0/s1. The van der Waals surface area contributed by atoms with E-state index in [9.17, 15) is 10.1 Å². The van der Waals surface area contributed by atoms with Crippen molar-refractivity contribution in [2.24, 2.45) is 5.92 Å². The Morgan fingerprint density at radius 1 is 1.27 bits per heavy atom. The number of fused-ring (bicyclic) bond motifs is 2. The van der Waals surface area contributed by atoms with Gasteiger partial charge in [-0.2, -0.15) is 10.5 Å². The van der Waals surface area contributed by atoms with Gasteiger partial charge in [0.15, 0.2) is 6.19 Å². The van der Waals surface area contributed by atoms with Crippen LogP contribution in [0.3, 0.4) is 0 Å². The van der Waals surface area contributed by atoms with E-state index in [-0.39, 0.29) is 36.1 Å². The summed E-state index contributed by atoms with van der Waals surface area (Å²) in [6.45, 7) is 0. The highest BCUT2D eigenvalue weighted by Crippen LogP contribution is 2.38. The monoisotopic (exact) mass is 370 g/mol. The van der Waals surface area contributed by atoms with Gasteiger partial charge in [0.25, 0.3) is 5.91 Å². The number of rotatable bonds is 4. The molecule has 1 saturated carbocycles. The number of hydrogen-bond acceptors (Lipinski definition) is 5. The second-order valence-electron chi connectivity index (χ2n) is 7.28. The van der Waals surface area contributed by atoms with Crippen LogP contribution < -0.4 is 10.1 Å². The van der Waals surface area contributed by atoms with Crippen molar-refractivity contribution in [1.82, 2.24) is 10.2 Å². The number of halogens is 1. The third kappa shape index (κ3) is 2.85. The summed E-state index contributed by atoms with van der Waals surface area (Å²) in [4.78, 5) is 14.5. The molecule has 2 heterocycles. The second kappa shape index (κ2) is 6.70. The van der Waals surface area contributed by atoms with Crippen molar-refractivity contribution in [3.05, 3.63) is 28.8 Å². The molecule has 0 radical (unpaired) electrons. The summed E-state index contributed by atoms with van der Waals surface area (Å²) in [5.74, 6) is 0.290. The van der Waals surface area contributed by atoms with E-state index in [2.05, 4.69) is 17.6 Å². The van der Waals surface area contributed by atoms with Crippen LogP contribution in [0.2, 0.25) is 5.02 Å². The van der Waals surface area contributed by atoms with Gasteiger partial charge in [0.1, 0.15) is 11.9 Å². The van der Waals surface area contributed by atoms with Crippen LogP contribution >= 0.6 is 11.6 Å². The van der Waals surface area contributed by atoms with Crippen LogP contribution in [0.25, 0.3) is 0 Å². The minimum atomic E-state index is -0.237. The molecule has 3 atom stereocenters. The van der Waals surface area contributed by atoms with Gasteiger partial charge in [0.2, 0.25) is 0 Å². The first-order valence-corrected chi connectivity index (χ1v) is 9.32. The smallest absolute Gasteiger partial charge is 0.253 e. The van der Waals surface area contributed by atoms with Crippen LogP contribution in [-0.4, -0.2) is 35.0 Å². The van der Waals surface area contributed by atoms with Gasteiger partial charge in [-0.3, -0.25) is 4.79 Å². The quantitative estimate of drug-likeness (QED) is 0.823. The van der Waals surface area contributed by atoms with E-state index in [0.717, 1.165) is 19.3 Å². The first-order valence-electron chi connectivity index (χ1n) is 8.94. The predicted octanol–water partition coefficient (Wildman–Crippen LogP) is 2.84. The Labute approximate surface area is 157 Å². The molecule has 1 amide bonds. The molecule has 0 spiro atoms. The number of benzene rings is 1. The average Bonchev–Trinajstić information content (AvgIpc) is 3.15. The number of nitrogens with zero attached hydrogens (tertiary/aromatic N) is 3. The third-order valence-corrected chi connectivity index (χ3v) is 6.14. The van der Waals surface area contributed by atoms with Gasteiger partial charge in [0.05, 0.1) is 34.7 Å². The summed E-state index contributed by atoms with van der Waals surface area (Å²) in [5.41, 5.74) is 0.381. The average molecular weight is 371 g/mol. The molecular weight excluding hydrogens is 352 g/mol. The summed E-state index contributed by atoms with van der Waals surface area (Å²) in [5, 5.41) is 21.4. The summed E-state index contributed by atoms with van der Waals surface area (Å²) < 4.78 is 5.84. The zero-order valence-electron chi connectivity index (χ0n) is 14.2. The zero-order valence-corrected chi connectivity index (χ0v) is 14.9. The van der Waals surface area contributed by atoms with Crippen molar-refractivity contribution in [2.75, 3.05) is 0 Å². The number of nitriles is 2. The van der Waals surface area contributed by atoms with Crippen molar-refractivity contribution < 1.29 is 9.53 Å². The molecule has 2 aliphatic heterocycles. The molecule has 26 heavy (non-hydrogen) atoms. The van der Waals surface area contributed by atoms with E-state index >= 15 is 0 Å². The summed E-state index contributed by atoms with van der Waals surface area (Å²) in [6, 6.07) is 7.70. The molecule has 1 N–H and O–H groups in total. The van der Waals surface area contributed by atoms with E-state index in [0.29, 0.717) is 29.2 Å². The number of nitrogens with one attached hydrogen (secondary N) is 1. The molecule has 2 bridgehead atoms. The Bertz CT molecular complexity index is 809. The minimum absolute atomic E-state index is 0.0229. The van der Waals surface area contributed by atoms with Crippen LogP contribution in [-0.2, 0) is 0 Å². The number of amides is 1. The fourth-order valence-electron chi connectivity index (χ4n) is 4.27. The van der Waals surface area contributed by atoms with Crippen molar-refractivity contribution >= 4 is 17.5 Å². The summed E-state index contributed by atoms with van der Waals surface area (Å²) >= 11 is 6.41. The van der Waals surface area contributed by atoms with Gasteiger partial charge < -0.3 is 15.0 Å². The number of ether oxygens (including phenoxy) is 1. The van der Waals surface area contributed by atoms with Gasteiger partial charge in [-0.05, 0) is 31.4 Å². The minimum Gasteiger partial charge on any atom is -0.489 e. The van der Waals surface area contributed by atoms with E-state index in [1.54, 1.807) is 18.2 Å². The Kier molecular flexibility index (Phi) is 4.38. The second-order valence-corrected chi connectivity index (χ2v) is 7.65. The van der Waals surface area contributed by atoms with Crippen LogP contribution in [0, 0.1) is 28.7 Å². The molecule has 3 aliphatic rings. The molecule has 3 fully saturated rings. The summed E-state index contributed by atoms with van der Waals surface area (Å²) in [6.07, 6.45) is 6.35.